The van der Waals surface area contributed by atoms with Crippen molar-refractivity contribution < 1.29 is 0 Å². The van der Waals surface area contributed by atoms with Crippen LogP contribution in [0, 0.1) is 41.5 Å². The third-order valence-corrected chi connectivity index (χ3v) is 15.0. The fourth-order valence-corrected chi connectivity index (χ4v) is 11.0. The van der Waals surface area contributed by atoms with Crippen LogP contribution in [0.25, 0.3) is 33.4 Å². The second-order valence-electron chi connectivity index (χ2n) is 22.3. The Bertz CT molecular complexity index is 3180. The van der Waals surface area contributed by atoms with Gasteiger partial charge in [0.15, 0.2) is 0 Å². The van der Waals surface area contributed by atoms with E-state index in [0.29, 0.717) is 0 Å². The van der Waals surface area contributed by atoms with E-state index in [1.807, 2.05) is 0 Å². The van der Waals surface area contributed by atoms with Gasteiger partial charge in [-0.1, -0.05) is 197 Å². The van der Waals surface area contributed by atoms with Crippen LogP contribution in [-0.2, 0) is 58.9 Å². The molecule has 0 radical (unpaired) electrons. The van der Waals surface area contributed by atoms with Gasteiger partial charge >= 0.3 is 0 Å². The molecule has 0 heterocycles. The maximum Gasteiger partial charge on any atom is 0.0400 e. The Balaban J connectivity index is 0.779. The molecule has 10 aromatic rings. The predicted molar refractivity (Wildman–Crippen MR) is 343 cm³/mol. The van der Waals surface area contributed by atoms with Crippen molar-refractivity contribution in [3.05, 3.63) is 302 Å². The van der Waals surface area contributed by atoms with Gasteiger partial charge in [-0.05, 0) is 180 Å². The second-order valence-corrected chi connectivity index (χ2v) is 22.3. The number of rotatable bonds is 24. The molecular formula is C75H78N6. The lowest BCUT2D eigenvalue weighted by molar-refractivity contribution is 0.692. The highest BCUT2D eigenvalue weighted by Gasteiger charge is 2.10. The van der Waals surface area contributed by atoms with Crippen molar-refractivity contribution in [2.24, 2.45) is 0 Å². The zero-order valence-electron chi connectivity index (χ0n) is 48.1. The summed E-state index contributed by atoms with van der Waals surface area (Å²) >= 11 is 0. The fourth-order valence-electron chi connectivity index (χ4n) is 11.0. The van der Waals surface area contributed by atoms with E-state index in [1.165, 1.54) is 117 Å². The van der Waals surface area contributed by atoms with Crippen LogP contribution in [-0.4, -0.2) is 0 Å². The molecule has 6 N–H and O–H groups in total. The quantitative estimate of drug-likeness (QED) is 0.0362. The van der Waals surface area contributed by atoms with Gasteiger partial charge in [-0.3, -0.25) is 0 Å². The number of hydrogen-bond donors (Lipinski definition) is 6. The van der Waals surface area contributed by atoms with Crippen molar-refractivity contribution in [2.75, 3.05) is 16.0 Å². The van der Waals surface area contributed by atoms with Gasteiger partial charge in [0.25, 0.3) is 0 Å². The molecule has 0 spiro atoms. The molecule has 6 nitrogen and oxygen atoms in total. The summed E-state index contributed by atoms with van der Waals surface area (Å²) in [4.78, 5) is 0. The van der Waals surface area contributed by atoms with E-state index in [1.54, 1.807) is 0 Å². The molecule has 0 aliphatic carbocycles. The van der Waals surface area contributed by atoms with Crippen molar-refractivity contribution in [1.82, 2.24) is 16.0 Å². The molecule has 0 saturated heterocycles. The first kappa shape index (κ1) is 55.8. The lowest BCUT2D eigenvalue weighted by Gasteiger charge is -2.14. The average Bonchev–Trinajstić information content (AvgIpc) is 3.46. The summed E-state index contributed by atoms with van der Waals surface area (Å²) in [7, 11) is 0. The standard InChI is InChI=1S/C75H78N6/c1-52-31-53(2)35-64(34-52)46-76-43-58-7-13-61(14-8-58)49-79-73-25-19-67(20-26-73)70-40-71(68-21-27-74(28-22-68)80-50-62-15-9-59(10-16-62)44-77-47-65-36-54(3)32-55(4)37-65)42-72(41-70)69-23-29-75(30-24-69)81-51-63-17-11-60(12-18-63)45-78-48-66-38-56(5)33-57(6)39-66/h7-42,76-81H,43-51H2,1-6H3. The Morgan fingerprint density at radius 1 is 0.185 bits per heavy atom. The molecule has 0 fully saturated rings. The lowest BCUT2D eigenvalue weighted by atomic mass is 9.93. The van der Waals surface area contributed by atoms with Gasteiger partial charge in [-0.15, -0.1) is 0 Å². The Kier molecular flexibility index (Phi) is 18.7. The molecule has 0 atom stereocenters. The molecular weight excluding hydrogens is 985 g/mol. The van der Waals surface area contributed by atoms with E-state index in [9.17, 15) is 0 Å². The Hall–Kier alpha value is -8.52. The van der Waals surface area contributed by atoms with E-state index in [-0.39, 0.29) is 0 Å². The molecule has 0 amide bonds. The van der Waals surface area contributed by atoms with E-state index in [2.05, 4.69) is 292 Å². The number of aryl methyl sites for hydroxylation is 6. The molecule has 0 unspecified atom stereocenters. The first-order valence-corrected chi connectivity index (χ1v) is 28.7. The summed E-state index contributed by atoms with van der Waals surface area (Å²) < 4.78 is 0. The summed E-state index contributed by atoms with van der Waals surface area (Å²) in [5, 5.41) is 21.8. The maximum absolute atomic E-state index is 3.66. The summed E-state index contributed by atoms with van der Waals surface area (Å²) in [6.45, 7) is 20.3. The third kappa shape index (κ3) is 16.5. The number of hydrogen-bond acceptors (Lipinski definition) is 6. The molecule has 6 heteroatoms. The summed E-state index contributed by atoms with van der Waals surface area (Å²) in [5.74, 6) is 0. The Labute approximate surface area is 482 Å². The SMILES string of the molecule is Cc1cc(C)cc(CNCc2ccc(CNc3ccc(-c4cc(-c5ccc(NCc6ccc(CNCc7cc(C)cc(C)c7)cc6)cc5)cc(-c5ccc(NCc6ccc(CNCc7cc(C)cc(C)c7)cc6)cc5)c4)cc3)cc2)c1. The summed E-state index contributed by atoms with van der Waals surface area (Å²) in [6.07, 6.45) is 0. The van der Waals surface area contributed by atoms with E-state index < -0.39 is 0 Å². The van der Waals surface area contributed by atoms with Crippen LogP contribution in [0.1, 0.15) is 83.5 Å². The fraction of sp³-hybridized carbons (Fsp3) is 0.200. The lowest BCUT2D eigenvalue weighted by Crippen LogP contribution is -2.13. The number of anilines is 3. The topological polar surface area (TPSA) is 72.2 Å². The number of nitrogens with one attached hydrogen (secondary N) is 6. The van der Waals surface area contributed by atoms with E-state index >= 15 is 0 Å². The van der Waals surface area contributed by atoms with Gasteiger partial charge in [-0.25, -0.2) is 0 Å². The molecule has 0 aromatic heterocycles. The van der Waals surface area contributed by atoms with Crippen LogP contribution < -0.4 is 31.9 Å². The van der Waals surface area contributed by atoms with Crippen LogP contribution in [0.15, 0.2) is 218 Å². The normalized spacial score (nSPS) is 11.2. The first-order chi connectivity index (χ1) is 39.5. The minimum Gasteiger partial charge on any atom is -0.381 e. The summed E-state index contributed by atoms with van der Waals surface area (Å²) in [5.41, 5.74) is 29.8. The minimum absolute atomic E-state index is 0.753. The maximum atomic E-state index is 3.66. The zero-order valence-corrected chi connectivity index (χ0v) is 48.1. The van der Waals surface area contributed by atoms with Gasteiger partial charge in [0.05, 0.1) is 0 Å². The molecule has 0 saturated carbocycles. The smallest absolute Gasteiger partial charge is 0.0400 e. The van der Waals surface area contributed by atoms with Gasteiger partial charge in [0.1, 0.15) is 0 Å². The van der Waals surface area contributed by atoms with Crippen LogP contribution in [0.3, 0.4) is 0 Å². The highest BCUT2D eigenvalue weighted by Crippen LogP contribution is 2.35. The largest absolute Gasteiger partial charge is 0.381 e. The monoisotopic (exact) mass is 1060 g/mol. The summed E-state index contributed by atoms with van der Waals surface area (Å²) in [6, 6.07) is 80.6. The number of benzene rings is 10. The van der Waals surface area contributed by atoms with Crippen molar-refractivity contribution in [3.63, 3.8) is 0 Å². The van der Waals surface area contributed by atoms with Gasteiger partial charge in [-0.2, -0.15) is 0 Å². The van der Waals surface area contributed by atoms with Crippen LogP contribution in [0.2, 0.25) is 0 Å². The Morgan fingerprint density at radius 3 is 0.605 bits per heavy atom. The zero-order chi connectivity index (χ0) is 55.9. The van der Waals surface area contributed by atoms with E-state index in [4.69, 9.17) is 0 Å². The molecule has 81 heavy (non-hydrogen) atoms. The molecule has 408 valence electrons. The van der Waals surface area contributed by atoms with Crippen LogP contribution >= 0.6 is 0 Å². The van der Waals surface area contributed by atoms with Crippen LogP contribution in [0.5, 0.6) is 0 Å². The van der Waals surface area contributed by atoms with Gasteiger partial charge in [0.2, 0.25) is 0 Å². The van der Waals surface area contributed by atoms with Crippen LogP contribution in [0.4, 0.5) is 17.1 Å². The molecule has 0 bridgehead atoms. The highest BCUT2D eigenvalue weighted by molar-refractivity contribution is 5.82. The van der Waals surface area contributed by atoms with Crippen molar-refractivity contribution in [2.45, 2.75) is 100 Å². The molecule has 0 aliphatic heterocycles. The predicted octanol–water partition coefficient (Wildman–Crippen LogP) is 17.2. The molecule has 10 rings (SSSR count). The third-order valence-electron chi connectivity index (χ3n) is 15.0. The average molecular weight is 1060 g/mol. The van der Waals surface area contributed by atoms with Crippen molar-refractivity contribution in [1.29, 1.82) is 0 Å². The Morgan fingerprint density at radius 2 is 0.383 bits per heavy atom. The first-order valence-electron chi connectivity index (χ1n) is 28.7. The van der Waals surface area contributed by atoms with Gasteiger partial charge in [0, 0.05) is 76.0 Å². The van der Waals surface area contributed by atoms with Crippen molar-refractivity contribution in [3.8, 4) is 33.4 Å². The minimum atomic E-state index is 0.753. The molecule has 10 aromatic carbocycles. The van der Waals surface area contributed by atoms with E-state index in [0.717, 1.165) is 76.0 Å². The van der Waals surface area contributed by atoms with Crippen molar-refractivity contribution >= 4 is 17.1 Å². The second kappa shape index (κ2) is 27.1. The van der Waals surface area contributed by atoms with Gasteiger partial charge < -0.3 is 31.9 Å². The highest BCUT2D eigenvalue weighted by atomic mass is 14.9. The molecule has 0 aliphatic rings.